The topological polar surface area (TPSA) is 96.6 Å². The molecule has 0 saturated heterocycles. The molecule has 1 aromatic heterocycles. The lowest BCUT2D eigenvalue weighted by Gasteiger charge is -2.20. The number of nitrogens with zero attached hydrogens (tertiary/aromatic N) is 2. The second-order valence-electron chi connectivity index (χ2n) is 7.22. The molecule has 0 spiro atoms. The van der Waals surface area contributed by atoms with E-state index in [1.54, 1.807) is 12.1 Å². The molecule has 2 N–H and O–H groups in total. The number of aliphatic imine (C=N–C) groups is 1. The fourth-order valence-corrected chi connectivity index (χ4v) is 4.47. The van der Waals surface area contributed by atoms with E-state index in [0.29, 0.717) is 29.7 Å². The van der Waals surface area contributed by atoms with Gasteiger partial charge in [-0.3, -0.25) is 0 Å². The highest BCUT2D eigenvalue weighted by Crippen LogP contribution is 2.17. The number of rotatable bonds is 8. The Morgan fingerprint density at radius 3 is 2.45 bits per heavy atom. The average molecular weight is 421 g/mol. The maximum Gasteiger partial charge on any atom is 0.216 e. The van der Waals surface area contributed by atoms with Crippen LogP contribution in [0.15, 0.2) is 32.5 Å². The quantitative estimate of drug-likeness (QED) is 0.503. The van der Waals surface area contributed by atoms with Crippen molar-refractivity contribution >= 4 is 15.8 Å². The van der Waals surface area contributed by atoms with Gasteiger partial charge in [0.15, 0.2) is 15.8 Å². The van der Waals surface area contributed by atoms with Gasteiger partial charge in [0.05, 0.1) is 16.3 Å². The first-order valence-corrected chi connectivity index (χ1v) is 11.6. The second-order valence-corrected chi connectivity index (χ2v) is 9.26. The van der Waals surface area contributed by atoms with Crippen molar-refractivity contribution < 1.29 is 12.8 Å². The molecule has 1 aromatic carbocycles. The molecule has 1 unspecified atom stereocenters. The van der Waals surface area contributed by atoms with Gasteiger partial charge >= 0.3 is 0 Å². The molecule has 160 valence electrons. The summed E-state index contributed by atoms with van der Waals surface area (Å²) in [5, 5.41) is 6.39. The first kappa shape index (κ1) is 22.9. The number of benzene rings is 1. The molecule has 0 aliphatic heterocycles. The van der Waals surface area contributed by atoms with Crippen LogP contribution < -0.4 is 10.6 Å². The molecule has 0 fully saturated rings. The van der Waals surface area contributed by atoms with Gasteiger partial charge in [0.1, 0.15) is 12.3 Å². The maximum absolute atomic E-state index is 12.9. The minimum absolute atomic E-state index is 0.00632. The summed E-state index contributed by atoms with van der Waals surface area (Å²) in [6.45, 7) is 12.5. The summed E-state index contributed by atoms with van der Waals surface area (Å²) in [5.41, 5.74) is 2.89. The SMILES string of the molecule is CCNC(=NCc1nc(C)c(C)o1)NC(CC)CS(=O)(=O)c1ccc(C)c(C)c1. The zero-order chi connectivity index (χ0) is 21.6. The van der Waals surface area contributed by atoms with Crippen LogP contribution in [-0.2, 0) is 16.4 Å². The molecular formula is C21H32N4O3S. The summed E-state index contributed by atoms with van der Waals surface area (Å²) in [7, 11) is -3.42. The predicted octanol–water partition coefficient (Wildman–Crippen LogP) is 3.22. The van der Waals surface area contributed by atoms with E-state index >= 15 is 0 Å². The third-order valence-corrected chi connectivity index (χ3v) is 6.69. The fourth-order valence-electron chi connectivity index (χ4n) is 2.80. The number of guanidine groups is 1. The Bertz CT molecular complexity index is 945. The molecule has 0 amide bonds. The largest absolute Gasteiger partial charge is 0.444 e. The van der Waals surface area contributed by atoms with Crippen molar-refractivity contribution in [3.8, 4) is 0 Å². The van der Waals surface area contributed by atoms with Gasteiger partial charge < -0.3 is 15.1 Å². The van der Waals surface area contributed by atoms with Crippen molar-refractivity contribution in [2.45, 2.75) is 65.4 Å². The Hall–Kier alpha value is -2.35. The minimum Gasteiger partial charge on any atom is -0.444 e. The zero-order valence-corrected chi connectivity index (χ0v) is 19.0. The molecule has 2 rings (SSSR count). The summed E-state index contributed by atoms with van der Waals surface area (Å²) in [6, 6.07) is 5.00. The Morgan fingerprint density at radius 1 is 1.17 bits per heavy atom. The number of aromatic nitrogens is 1. The first-order valence-electron chi connectivity index (χ1n) is 9.94. The van der Waals surface area contributed by atoms with Crippen LogP contribution in [0.3, 0.4) is 0 Å². The number of hydrogen-bond acceptors (Lipinski definition) is 5. The van der Waals surface area contributed by atoms with Crippen molar-refractivity contribution in [2.75, 3.05) is 12.3 Å². The van der Waals surface area contributed by atoms with Gasteiger partial charge in [0.2, 0.25) is 5.89 Å². The van der Waals surface area contributed by atoms with Crippen molar-refractivity contribution in [1.29, 1.82) is 0 Å². The molecule has 1 heterocycles. The van der Waals surface area contributed by atoms with Gasteiger partial charge in [0, 0.05) is 12.6 Å². The van der Waals surface area contributed by atoms with E-state index in [1.807, 2.05) is 47.6 Å². The van der Waals surface area contributed by atoms with Gasteiger partial charge in [0.25, 0.3) is 0 Å². The van der Waals surface area contributed by atoms with Gasteiger partial charge in [-0.25, -0.2) is 18.4 Å². The van der Waals surface area contributed by atoms with Crippen LogP contribution >= 0.6 is 0 Å². The van der Waals surface area contributed by atoms with E-state index < -0.39 is 9.84 Å². The highest BCUT2D eigenvalue weighted by Gasteiger charge is 2.21. The standard InChI is InChI=1S/C21H32N4O3S/c1-7-18(13-29(26,27)19-10-9-14(3)15(4)11-19)25-21(22-8-2)23-12-20-24-16(5)17(6)28-20/h9-11,18H,7-8,12-13H2,1-6H3,(H2,22,23,25). The van der Waals surface area contributed by atoms with E-state index in [0.717, 1.165) is 22.6 Å². The molecule has 0 radical (unpaired) electrons. The Balaban J connectivity index is 2.13. The van der Waals surface area contributed by atoms with Gasteiger partial charge in [-0.05, 0) is 64.3 Å². The van der Waals surface area contributed by atoms with Gasteiger partial charge in [-0.15, -0.1) is 0 Å². The van der Waals surface area contributed by atoms with Crippen LogP contribution in [0.2, 0.25) is 0 Å². The van der Waals surface area contributed by atoms with Crippen molar-refractivity contribution in [1.82, 2.24) is 15.6 Å². The Labute approximate surface area is 174 Å². The van der Waals surface area contributed by atoms with Crippen molar-refractivity contribution in [2.24, 2.45) is 4.99 Å². The molecular weight excluding hydrogens is 388 g/mol. The van der Waals surface area contributed by atoms with Crippen molar-refractivity contribution in [3.05, 3.63) is 46.7 Å². The molecule has 0 bridgehead atoms. The van der Waals surface area contributed by atoms with E-state index in [1.165, 1.54) is 0 Å². The summed E-state index contributed by atoms with van der Waals surface area (Å²) >= 11 is 0. The van der Waals surface area contributed by atoms with Crippen LogP contribution in [0.4, 0.5) is 0 Å². The first-order chi connectivity index (χ1) is 13.7. The summed E-state index contributed by atoms with van der Waals surface area (Å²) < 4.78 is 31.4. The van der Waals surface area contributed by atoms with Crippen molar-refractivity contribution in [3.63, 3.8) is 0 Å². The van der Waals surface area contributed by atoms with Crippen LogP contribution in [-0.4, -0.2) is 37.7 Å². The van der Waals surface area contributed by atoms with Crippen LogP contribution in [0, 0.1) is 27.7 Å². The minimum atomic E-state index is -3.42. The second kappa shape index (κ2) is 9.91. The third-order valence-electron chi connectivity index (χ3n) is 4.88. The van der Waals surface area contributed by atoms with Crippen LogP contribution in [0.5, 0.6) is 0 Å². The van der Waals surface area contributed by atoms with E-state index in [2.05, 4.69) is 20.6 Å². The molecule has 8 heteroatoms. The molecule has 1 atom stereocenters. The smallest absolute Gasteiger partial charge is 0.216 e. The molecule has 7 nitrogen and oxygen atoms in total. The number of hydrogen-bond donors (Lipinski definition) is 2. The van der Waals surface area contributed by atoms with E-state index in [9.17, 15) is 8.42 Å². The number of sulfone groups is 1. The number of oxazole rings is 1. The number of aryl methyl sites for hydroxylation is 4. The highest BCUT2D eigenvalue weighted by molar-refractivity contribution is 7.91. The Kier molecular flexibility index (Phi) is 7.84. The predicted molar refractivity (Wildman–Crippen MR) is 116 cm³/mol. The lowest BCUT2D eigenvalue weighted by atomic mass is 10.1. The molecule has 0 aliphatic carbocycles. The van der Waals surface area contributed by atoms with Crippen LogP contribution in [0.25, 0.3) is 0 Å². The van der Waals surface area contributed by atoms with Gasteiger partial charge in [-0.1, -0.05) is 13.0 Å². The number of nitrogens with one attached hydrogen (secondary N) is 2. The summed E-state index contributed by atoms with van der Waals surface area (Å²) in [5.74, 6) is 1.85. The lowest BCUT2D eigenvalue weighted by molar-refractivity contribution is 0.472. The third kappa shape index (κ3) is 6.32. The normalized spacial score (nSPS) is 13.4. The van der Waals surface area contributed by atoms with Gasteiger partial charge in [-0.2, -0.15) is 0 Å². The molecule has 29 heavy (non-hydrogen) atoms. The molecule has 0 aliphatic rings. The average Bonchev–Trinajstić information content (AvgIpc) is 2.99. The zero-order valence-electron chi connectivity index (χ0n) is 18.2. The van der Waals surface area contributed by atoms with E-state index in [-0.39, 0.29) is 18.3 Å². The maximum atomic E-state index is 12.9. The highest BCUT2D eigenvalue weighted by atomic mass is 32.2. The Morgan fingerprint density at radius 2 is 1.90 bits per heavy atom. The summed E-state index contributed by atoms with van der Waals surface area (Å²) in [6.07, 6.45) is 0.645. The van der Waals surface area contributed by atoms with E-state index in [4.69, 9.17) is 4.42 Å². The molecule has 0 saturated carbocycles. The molecule has 2 aromatic rings. The van der Waals surface area contributed by atoms with Crippen LogP contribution in [0.1, 0.15) is 48.7 Å². The monoisotopic (exact) mass is 420 g/mol. The summed E-state index contributed by atoms with van der Waals surface area (Å²) in [4.78, 5) is 9.18. The fraction of sp³-hybridized carbons (Fsp3) is 0.524. The lowest BCUT2D eigenvalue weighted by Crippen LogP contribution is -2.46.